The van der Waals surface area contributed by atoms with Crippen LogP contribution in [0.2, 0.25) is 0 Å². The Morgan fingerprint density at radius 2 is 2.21 bits per heavy atom. The Bertz CT molecular complexity index is 169. The highest BCUT2D eigenvalue weighted by atomic mass is 16.5. The summed E-state index contributed by atoms with van der Waals surface area (Å²) in [5, 5.41) is 2.58. The molecule has 0 bridgehead atoms. The van der Waals surface area contributed by atoms with E-state index in [2.05, 4.69) is 5.32 Å². The summed E-state index contributed by atoms with van der Waals surface area (Å²) in [7, 11) is 0. The van der Waals surface area contributed by atoms with Gasteiger partial charge in [-0.1, -0.05) is 19.1 Å². The molecule has 1 amide bonds. The standard InChI is InChI=1S/C10H19NO3/c1-3-5-8-14-10(12)11-6-9-13-7-4-2/h3,5H,4,6-9H2,1-2H3,(H,11,12)/b5-3+. The summed E-state index contributed by atoms with van der Waals surface area (Å²) in [6, 6.07) is 0. The van der Waals surface area contributed by atoms with Crippen LogP contribution in [0.4, 0.5) is 4.79 Å². The fourth-order valence-corrected chi connectivity index (χ4v) is 0.743. The average molecular weight is 201 g/mol. The van der Waals surface area contributed by atoms with Crippen molar-refractivity contribution in [3.63, 3.8) is 0 Å². The second-order valence-electron chi connectivity index (χ2n) is 2.71. The Morgan fingerprint density at radius 3 is 2.86 bits per heavy atom. The Hall–Kier alpha value is -1.03. The predicted molar refractivity (Wildman–Crippen MR) is 55.3 cm³/mol. The van der Waals surface area contributed by atoms with E-state index in [9.17, 15) is 4.79 Å². The third-order valence-electron chi connectivity index (χ3n) is 1.41. The van der Waals surface area contributed by atoms with Gasteiger partial charge in [0, 0.05) is 13.2 Å². The summed E-state index contributed by atoms with van der Waals surface area (Å²) < 4.78 is 9.97. The number of amides is 1. The molecule has 0 aliphatic carbocycles. The van der Waals surface area contributed by atoms with Gasteiger partial charge in [0.15, 0.2) is 0 Å². The van der Waals surface area contributed by atoms with E-state index in [0.717, 1.165) is 13.0 Å². The number of nitrogens with one attached hydrogen (secondary N) is 1. The van der Waals surface area contributed by atoms with Crippen molar-refractivity contribution in [2.45, 2.75) is 20.3 Å². The molecule has 0 saturated carbocycles. The zero-order chi connectivity index (χ0) is 10.6. The number of rotatable bonds is 7. The third kappa shape index (κ3) is 9.06. The summed E-state index contributed by atoms with van der Waals surface area (Å²) >= 11 is 0. The maximum atomic E-state index is 10.9. The Labute approximate surface area is 85.3 Å². The monoisotopic (exact) mass is 201 g/mol. The lowest BCUT2D eigenvalue weighted by Crippen LogP contribution is -2.28. The molecule has 0 fully saturated rings. The fraction of sp³-hybridized carbons (Fsp3) is 0.700. The number of carbonyl (C=O) groups excluding carboxylic acids is 1. The van der Waals surface area contributed by atoms with Crippen molar-refractivity contribution in [3.8, 4) is 0 Å². The lowest BCUT2D eigenvalue weighted by molar-refractivity contribution is 0.126. The number of ether oxygens (including phenoxy) is 2. The molecule has 0 radical (unpaired) electrons. The molecule has 0 unspecified atom stereocenters. The number of carbonyl (C=O) groups is 1. The van der Waals surface area contributed by atoms with Gasteiger partial charge in [-0.25, -0.2) is 4.79 Å². The molecule has 82 valence electrons. The molecule has 0 aliphatic heterocycles. The van der Waals surface area contributed by atoms with E-state index in [1.807, 2.05) is 19.9 Å². The molecule has 0 aromatic heterocycles. The van der Waals surface area contributed by atoms with Crippen LogP contribution in [0.3, 0.4) is 0 Å². The first kappa shape index (κ1) is 13.0. The van der Waals surface area contributed by atoms with Crippen molar-refractivity contribution in [3.05, 3.63) is 12.2 Å². The molecule has 1 N–H and O–H groups in total. The van der Waals surface area contributed by atoms with Gasteiger partial charge in [0.05, 0.1) is 6.61 Å². The number of allylic oxidation sites excluding steroid dienone is 1. The van der Waals surface area contributed by atoms with Gasteiger partial charge in [0.25, 0.3) is 0 Å². The summed E-state index contributed by atoms with van der Waals surface area (Å²) in [5.41, 5.74) is 0. The average Bonchev–Trinajstić information content (AvgIpc) is 2.18. The van der Waals surface area contributed by atoms with Gasteiger partial charge < -0.3 is 14.8 Å². The predicted octanol–water partition coefficient (Wildman–Crippen LogP) is 1.72. The normalized spacial score (nSPS) is 10.4. The molecule has 0 aliphatic rings. The zero-order valence-electron chi connectivity index (χ0n) is 8.91. The minimum Gasteiger partial charge on any atom is -0.445 e. The number of hydrogen-bond acceptors (Lipinski definition) is 3. The number of hydrogen-bond donors (Lipinski definition) is 1. The molecular weight excluding hydrogens is 182 g/mol. The maximum Gasteiger partial charge on any atom is 0.407 e. The van der Waals surface area contributed by atoms with E-state index >= 15 is 0 Å². The van der Waals surface area contributed by atoms with Gasteiger partial charge in [-0.2, -0.15) is 0 Å². The highest BCUT2D eigenvalue weighted by Crippen LogP contribution is 1.81. The van der Waals surface area contributed by atoms with Gasteiger partial charge in [-0.3, -0.25) is 0 Å². The van der Waals surface area contributed by atoms with Gasteiger partial charge >= 0.3 is 6.09 Å². The van der Waals surface area contributed by atoms with Crippen molar-refractivity contribution in [2.24, 2.45) is 0 Å². The molecule has 0 rings (SSSR count). The summed E-state index contributed by atoms with van der Waals surface area (Å²) in [6.07, 6.45) is 4.19. The first-order valence-electron chi connectivity index (χ1n) is 4.90. The Kier molecular flexibility index (Phi) is 9.31. The van der Waals surface area contributed by atoms with Crippen LogP contribution in [0.25, 0.3) is 0 Å². The molecule has 14 heavy (non-hydrogen) atoms. The SMILES string of the molecule is C/C=C/COC(=O)NCCOCCC. The van der Waals surface area contributed by atoms with Crippen LogP contribution in [0.5, 0.6) is 0 Å². The van der Waals surface area contributed by atoms with Crippen LogP contribution in [-0.4, -0.2) is 32.5 Å². The molecule has 0 spiro atoms. The molecule has 0 aromatic carbocycles. The van der Waals surface area contributed by atoms with Gasteiger partial charge in [0.2, 0.25) is 0 Å². The molecule has 0 atom stereocenters. The summed E-state index contributed by atoms with van der Waals surface area (Å²) in [6.45, 7) is 5.99. The van der Waals surface area contributed by atoms with Crippen LogP contribution in [0.15, 0.2) is 12.2 Å². The van der Waals surface area contributed by atoms with E-state index in [1.54, 1.807) is 6.08 Å². The molecule has 4 heteroatoms. The van der Waals surface area contributed by atoms with Crippen LogP contribution in [0.1, 0.15) is 20.3 Å². The summed E-state index contributed by atoms with van der Waals surface area (Å²) in [5.74, 6) is 0. The van der Waals surface area contributed by atoms with Crippen molar-refractivity contribution in [1.29, 1.82) is 0 Å². The topological polar surface area (TPSA) is 47.6 Å². The molecule has 0 heterocycles. The lowest BCUT2D eigenvalue weighted by Gasteiger charge is -2.05. The van der Waals surface area contributed by atoms with Crippen LogP contribution in [0, 0.1) is 0 Å². The van der Waals surface area contributed by atoms with Crippen molar-refractivity contribution in [1.82, 2.24) is 5.32 Å². The van der Waals surface area contributed by atoms with Gasteiger partial charge in [-0.15, -0.1) is 0 Å². The molecular formula is C10H19NO3. The highest BCUT2D eigenvalue weighted by molar-refractivity contribution is 5.67. The van der Waals surface area contributed by atoms with E-state index in [4.69, 9.17) is 9.47 Å². The van der Waals surface area contributed by atoms with Crippen LogP contribution < -0.4 is 5.32 Å². The molecule has 4 nitrogen and oxygen atoms in total. The molecule has 0 aromatic rings. The second-order valence-corrected chi connectivity index (χ2v) is 2.71. The smallest absolute Gasteiger partial charge is 0.407 e. The van der Waals surface area contributed by atoms with Crippen LogP contribution in [-0.2, 0) is 9.47 Å². The van der Waals surface area contributed by atoms with Gasteiger partial charge in [0.1, 0.15) is 6.61 Å². The minimum absolute atomic E-state index is 0.318. The lowest BCUT2D eigenvalue weighted by atomic mass is 10.5. The van der Waals surface area contributed by atoms with E-state index < -0.39 is 6.09 Å². The second kappa shape index (κ2) is 10.1. The third-order valence-corrected chi connectivity index (χ3v) is 1.41. The zero-order valence-corrected chi connectivity index (χ0v) is 8.91. The van der Waals surface area contributed by atoms with Crippen molar-refractivity contribution in [2.75, 3.05) is 26.4 Å². The highest BCUT2D eigenvalue weighted by Gasteiger charge is 1.97. The van der Waals surface area contributed by atoms with Gasteiger partial charge in [-0.05, 0) is 13.3 Å². The van der Waals surface area contributed by atoms with E-state index in [0.29, 0.717) is 19.8 Å². The first-order chi connectivity index (χ1) is 6.81. The Morgan fingerprint density at radius 1 is 1.43 bits per heavy atom. The summed E-state index contributed by atoms with van der Waals surface area (Å²) in [4.78, 5) is 10.9. The first-order valence-corrected chi connectivity index (χ1v) is 4.90. The number of alkyl carbamates (subject to hydrolysis) is 1. The maximum absolute atomic E-state index is 10.9. The quantitative estimate of drug-likeness (QED) is 0.504. The molecule has 0 saturated heterocycles. The minimum atomic E-state index is -0.400. The Balaban J connectivity index is 3.18. The largest absolute Gasteiger partial charge is 0.445 e. The fourth-order valence-electron chi connectivity index (χ4n) is 0.743. The van der Waals surface area contributed by atoms with E-state index in [-0.39, 0.29) is 0 Å². The van der Waals surface area contributed by atoms with Crippen molar-refractivity contribution < 1.29 is 14.3 Å². The van der Waals surface area contributed by atoms with E-state index in [1.165, 1.54) is 0 Å². The van der Waals surface area contributed by atoms with Crippen molar-refractivity contribution >= 4 is 6.09 Å². The van der Waals surface area contributed by atoms with Crippen LogP contribution >= 0.6 is 0 Å².